The molecular formula is C43H51NO7. The Balaban J connectivity index is 1.04. The second-order valence-corrected chi connectivity index (χ2v) is 15.6. The van der Waals surface area contributed by atoms with Crippen molar-refractivity contribution in [2.45, 2.75) is 101 Å². The van der Waals surface area contributed by atoms with E-state index in [2.05, 4.69) is 17.2 Å². The van der Waals surface area contributed by atoms with Crippen molar-refractivity contribution in [3.05, 3.63) is 65.2 Å². The van der Waals surface area contributed by atoms with Gasteiger partial charge in [0, 0.05) is 31.2 Å². The molecule has 7 rings (SSSR count). The Hall–Kier alpha value is -3.90. The number of benzene rings is 3. The summed E-state index contributed by atoms with van der Waals surface area (Å²) in [7, 11) is 1.50. The van der Waals surface area contributed by atoms with Gasteiger partial charge in [0.05, 0.1) is 19.3 Å². The lowest BCUT2D eigenvalue weighted by Crippen LogP contribution is -2.54. The van der Waals surface area contributed by atoms with Gasteiger partial charge in [-0.3, -0.25) is 9.59 Å². The first-order valence-corrected chi connectivity index (χ1v) is 18.9. The molecule has 1 saturated heterocycles. The first-order chi connectivity index (χ1) is 24.7. The molecule has 0 radical (unpaired) electrons. The summed E-state index contributed by atoms with van der Waals surface area (Å²) in [5, 5.41) is 48.9. The molecule has 0 unspecified atom stereocenters. The molecule has 3 aromatic rings. The van der Waals surface area contributed by atoms with Crippen LogP contribution in [0.1, 0.15) is 99.3 Å². The lowest BCUT2D eigenvalue weighted by atomic mass is 9.61. The van der Waals surface area contributed by atoms with Crippen LogP contribution in [0.3, 0.4) is 0 Å². The number of rotatable bonds is 9. The number of aromatic hydroxyl groups is 2. The highest BCUT2D eigenvalue weighted by Gasteiger charge is 2.44. The second-order valence-electron chi connectivity index (χ2n) is 15.6. The van der Waals surface area contributed by atoms with Crippen molar-refractivity contribution in [3.63, 3.8) is 0 Å². The third kappa shape index (κ3) is 7.82. The summed E-state index contributed by atoms with van der Waals surface area (Å²) in [4.78, 5) is 25.7. The third-order valence-corrected chi connectivity index (χ3v) is 12.5. The van der Waals surface area contributed by atoms with Gasteiger partial charge in [-0.25, -0.2) is 0 Å². The summed E-state index contributed by atoms with van der Waals surface area (Å²) in [6.45, 7) is 0.965. The molecule has 8 heteroatoms. The maximum Gasteiger partial charge on any atom is 0.160 e. The van der Waals surface area contributed by atoms with Crippen LogP contribution in [0.5, 0.6) is 17.2 Å². The zero-order valence-electron chi connectivity index (χ0n) is 29.5. The van der Waals surface area contributed by atoms with Crippen molar-refractivity contribution in [2.75, 3.05) is 13.7 Å². The number of piperidine rings is 1. The molecule has 2 saturated carbocycles. The Morgan fingerprint density at radius 2 is 1.71 bits per heavy atom. The van der Waals surface area contributed by atoms with E-state index in [1.807, 2.05) is 24.3 Å². The minimum Gasteiger partial charge on any atom is -0.508 e. The third-order valence-electron chi connectivity index (χ3n) is 12.5. The van der Waals surface area contributed by atoms with Gasteiger partial charge in [-0.1, -0.05) is 36.5 Å². The Morgan fingerprint density at radius 3 is 2.55 bits per heavy atom. The summed E-state index contributed by atoms with van der Waals surface area (Å²) in [5.41, 5.74) is 2.44. The quantitative estimate of drug-likeness (QED) is 0.160. The number of aryl methyl sites for hydroxylation is 1. The first-order valence-electron chi connectivity index (χ1n) is 18.9. The molecule has 1 heterocycles. The summed E-state index contributed by atoms with van der Waals surface area (Å²) in [6.07, 6.45) is 7.10. The number of nitrogens with one attached hydrogen (secondary N) is 1. The number of hydrogen-bond donors (Lipinski definition) is 5. The number of aliphatic hydroxyl groups excluding tert-OH is 2. The average Bonchev–Trinajstić information content (AvgIpc) is 3.19. The van der Waals surface area contributed by atoms with Crippen molar-refractivity contribution in [1.82, 2.24) is 5.32 Å². The SMILES string of the molecule is COc1cc2c(cc1O)[C@H](CC[C@H](O)c1ccc3cc(O)ccc3c1)C#C[C@H]([C@H](O)CC[C@H]1CC[C@H]3[C@H](CN[C@@H]4CC(=O)CC[C@H]34)C1)C(=O)CC2. The van der Waals surface area contributed by atoms with Crippen molar-refractivity contribution in [3.8, 4) is 29.1 Å². The number of phenolic OH excluding ortho intramolecular Hbond substituents is 2. The Bertz CT molecular complexity index is 1830. The van der Waals surface area contributed by atoms with E-state index in [1.54, 1.807) is 24.3 Å². The van der Waals surface area contributed by atoms with Gasteiger partial charge in [-0.15, -0.1) is 0 Å². The van der Waals surface area contributed by atoms with Crippen LogP contribution in [-0.4, -0.2) is 57.8 Å². The maximum absolute atomic E-state index is 13.6. The Labute approximate surface area is 300 Å². The first kappa shape index (κ1) is 35.5. The zero-order chi connectivity index (χ0) is 35.6. The van der Waals surface area contributed by atoms with Crippen LogP contribution in [0.2, 0.25) is 0 Å². The lowest BCUT2D eigenvalue weighted by molar-refractivity contribution is -0.124. The number of ether oxygens (including phenoxy) is 1. The van der Waals surface area contributed by atoms with Gasteiger partial charge in [-0.2, -0.15) is 0 Å². The van der Waals surface area contributed by atoms with E-state index >= 15 is 0 Å². The number of phenols is 2. The van der Waals surface area contributed by atoms with Crippen LogP contribution in [0.4, 0.5) is 0 Å². The molecule has 0 spiro atoms. The highest BCUT2D eigenvalue weighted by molar-refractivity contribution is 5.85. The van der Waals surface area contributed by atoms with Crippen molar-refractivity contribution in [2.24, 2.45) is 29.6 Å². The molecule has 3 fully saturated rings. The number of hydrogen-bond acceptors (Lipinski definition) is 8. The number of Topliss-reactive ketones (excluding diaryl/α,β-unsaturated/α-hetero) is 2. The number of methoxy groups -OCH3 is 1. The van der Waals surface area contributed by atoms with Crippen LogP contribution in [0.15, 0.2) is 48.5 Å². The van der Waals surface area contributed by atoms with Gasteiger partial charge in [0.2, 0.25) is 0 Å². The van der Waals surface area contributed by atoms with Crippen LogP contribution in [0.25, 0.3) is 10.8 Å². The summed E-state index contributed by atoms with van der Waals surface area (Å²) in [6, 6.07) is 14.6. The van der Waals surface area contributed by atoms with E-state index in [9.17, 15) is 30.0 Å². The van der Waals surface area contributed by atoms with E-state index in [-0.39, 0.29) is 29.6 Å². The van der Waals surface area contributed by atoms with Crippen LogP contribution < -0.4 is 10.1 Å². The smallest absolute Gasteiger partial charge is 0.160 e. The summed E-state index contributed by atoms with van der Waals surface area (Å²) < 4.78 is 5.40. The normalized spacial score (nSPS) is 28.9. The molecule has 3 aromatic carbocycles. The highest BCUT2D eigenvalue weighted by Crippen LogP contribution is 2.46. The number of carbonyl (C=O) groups is 2. The minimum atomic E-state index is -0.867. The van der Waals surface area contributed by atoms with Crippen molar-refractivity contribution < 1.29 is 34.8 Å². The second kappa shape index (κ2) is 15.4. The lowest BCUT2D eigenvalue weighted by Gasteiger charge is -2.49. The fourth-order valence-corrected chi connectivity index (χ4v) is 9.67. The Morgan fingerprint density at radius 1 is 0.882 bits per heavy atom. The van der Waals surface area contributed by atoms with Gasteiger partial charge < -0.3 is 30.5 Å². The molecule has 0 amide bonds. The molecule has 0 bridgehead atoms. The molecule has 3 aliphatic carbocycles. The van der Waals surface area contributed by atoms with E-state index in [4.69, 9.17) is 4.74 Å². The maximum atomic E-state index is 13.6. The van der Waals surface area contributed by atoms with Gasteiger partial charge in [-0.05, 0) is 139 Å². The molecule has 5 N–H and O–H groups in total. The van der Waals surface area contributed by atoms with E-state index in [0.29, 0.717) is 73.4 Å². The van der Waals surface area contributed by atoms with Gasteiger partial charge >= 0.3 is 0 Å². The summed E-state index contributed by atoms with van der Waals surface area (Å²) >= 11 is 0. The number of carbonyl (C=O) groups excluding carboxylic acids is 2. The number of aliphatic hydroxyl groups is 2. The zero-order valence-corrected chi connectivity index (χ0v) is 29.5. The predicted octanol–water partition coefficient (Wildman–Crippen LogP) is 6.51. The van der Waals surface area contributed by atoms with Crippen LogP contribution in [-0.2, 0) is 16.0 Å². The molecule has 0 aromatic heterocycles. The molecular weight excluding hydrogens is 642 g/mol. The topological polar surface area (TPSA) is 136 Å². The van der Waals surface area contributed by atoms with Crippen LogP contribution in [0, 0.1) is 41.4 Å². The standard InChI is InChI=1S/C43H51NO7/c1-51-43-21-29-9-17-41(49)36(40(48)15-3-25-2-12-34-31(18-25)24-44-38-22-33(46)11-14-35(34)38)13-7-26(37(29)23-42(43)50)8-16-39(47)30-5-4-28-20-32(45)10-6-27(28)19-30/h4-6,10,19-21,23,25-26,31,34-36,38-40,44-45,47-48,50H,2-3,8-9,11-12,14-18,22,24H2,1H3/t25-,26+,31+,34+,35-,36-,38-,39+,40-/m1/s1. The minimum absolute atomic E-state index is 0.000998. The fraction of sp³-hybridized carbons (Fsp3) is 0.535. The molecule has 1 aliphatic heterocycles. The largest absolute Gasteiger partial charge is 0.508 e. The fourth-order valence-electron chi connectivity index (χ4n) is 9.67. The summed E-state index contributed by atoms with van der Waals surface area (Å²) in [5.74, 6) is 8.59. The number of ketones is 2. The average molecular weight is 694 g/mol. The molecule has 4 aliphatic rings. The molecule has 51 heavy (non-hydrogen) atoms. The van der Waals surface area contributed by atoms with E-state index < -0.39 is 18.1 Å². The van der Waals surface area contributed by atoms with Gasteiger partial charge in [0.1, 0.15) is 17.5 Å². The molecule has 8 nitrogen and oxygen atoms in total. The molecule has 270 valence electrons. The van der Waals surface area contributed by atoms with E-state index in [1.165, 1.54) is 13.5 Å². The highest BCUT2D eigenvalue weighted by atomic mass is 16.5. The molecule has 9 atom stereocenters. The predicted molar refractivity (Wildman–Crippen MR) is 196 cm³/mol. The van der Waals surface area contributed by atoms with Gasteiger partial charge in [0.25, 0.3) is 0 Å². The Kier molecular flexibility index (Phi) is 10.7. The van der Waals surface area contributed by atoms with E-state index in [0.717, 1.165) is 66.1 Å². The van der Waals surface area contributed by atoms with Gasteiger partial charge in [0.15, 0.2) is 17.3 Å². The number of fused-ring (bicyclic) bond motifs is 5. The van der Waals surface area contributed by atoms with Crippen molar-refractivity contribution >= 4 is 22.3 Å². The van der Waals surface area contributed by atoms with Crippen molar-refractivity contribution in [1.29, 1.82) is 0 Å². The monoisotopic (exact) mass is 693 g/mol. The van der Waals surface area contributed by atoms with Crippen LogP contribution >= 0.6 is 0 Å².